The first kappa shape index (κ1) is 16.8. The van der Waals surface area contributed by atoms with E-state index in [0.29, 0.717) is 6.04 Å². The number of likely N-dealkylation sites (N-methyl/N-ethyl adjacent to an activating group) is 1. The zero-order valence-corrected chi connectivity index (χ0v) is 14.7. The number of benzene rings is 1. The van der Waals surface area contributed by atoms with E-state index in [0.717, 1.165) is 56.1 Å². The Bertz CT molecular complexity index is 504. The molecule has 3 rings (SSSR count). The highest BCUT2D eigenvalue weighted by molar-refractivity contribution is 7.99. The number of nitrogens with zero attached hydrogens (tertiary/aromatic N) is 2. The minimum absolute atomic E-state index is 0.118. The molecule has 2 aliphatic rings. The van der Waals surface area contributed by atoms with Gasteiger partial charge in [0, 0.05) is 43.7 Å². The van der Waals surface area contributed by atoms with Crippen molar-refractivity contribution in [3.63, 3.8) is 0 Å². The molecule has 0 saturated carbocycles. The first-order valence-corrected chi connectivity index (χ1v) is 9.78. The van der Waals surface area contributed by atoms with Crippen LogP contribution in [0.2, 0.25) is 0 Å². The van der Waals surface area contributed by atoms with Crippen LogP contribution in [0.1, 0.15) is 24.4 Å². The summed E-state index contributed by atoms with van der Waals surface area (Å²) in [5, 5.41) is 3.34. The molecule has 0 bridgehead atoms. The maximum absolute atomic E-state index is 13.3. The number of likely N-dealkylation sites (tertiary alicyclic amines) is 1. The second kappa shape index (κ2) is 8.18. The third kappa shape index (κ3) is 4.08. The molecule has 2 aliphatic heterocycles. The summed E-state index contributed by atoms with van der Waals surface area (Å²) in [7, 11) is 2.00. The van der Waals surface area contributed by atoms with E-state index in [-0.39, 0.29) is 11.9 Å². The van der Waals surface area contributed by atoms with Crippen molar-refractivity contribution in [1.82, 2.24) is 15.1 Å². The van der Waals surface area contributed by atoms with Gasteiger partial charge in [-0.15, -0.1) is 0 Å². The van der Waals surface area contributed by atoms with Crippen molar-refractivity contribution >= 4 is 17.7 Å². The van der Waals surface area contributed by atoms with Crippen LogP contribution in [0, 0.1) is 0 Å². The molecule has 0 aliphatic carbocycles. The van der Waals surface area contributed by atoms with E-state index in [1.165, 1.54) is 0 Å². The molecule has 2 saturated heterocycles. The van der Waals surface area contributed by atoms with Crippen molar-refractivity contribution in [3.8, 4) is 0 Å². The molecule has 0 aromatic heterocycles. The number of amides is 1. The quantitative estimate of drug-likeness (QED) is 0.914. The number of thioether (sulfide) groups is 1. The minimum Gasteiger partial charge on any atom is -0.339 e. The summed E-state index contributed by atoms with van der Waals surface area (Å²) in [6, 6.07) is 10.6. The van der Waals surface area contributed by atoms with Crippen LogP contribution in [0.25, 0.3) is 0 Å². The van der Waals surface area contributed by atoms with Gasteiger partial charge in [-0.2, -0.15) is 11.8 Å². The Hall–Kier alpha value is -1.04. The van der Waals surface area contributed by atoms with E-state index in [1.807, 2.05) is 37.0 Å². The van der Waals surface area contributed by atoms with E-state index in [2.05, 4.69) is 27.2 Å². The van der Waals surface area contributed by atoms with Gasteiger partial charge in [0.15, 0.2) is 0 Å². The fraction of sp³-hybridized carbons (Fsp3) is 0.611. The van der Waals surface area contributed by atoms with Gasteiger partial charge >= 0.3 is 0 Å². The lowest BCUT2D eigenvalue weighted by molar-refractivity contribution is -0.138. The highest BCUT2D eigenvalue weighted by Gasteiger charge is 2.34. The van der Waals surface area contributed by atoms with Crippen LogP contribution in [0.3, 0.4) is 0 Å². The standard InChI is InChI=1S/C18H27N3OS/c1-19-16-8-5-9-21(14-16)18(22)17(15-6-3-2-4-7-15)20-10-12-23-13-11-20/h2-4,6-7,16-17,19H,5,8-14H2,1H3. The maximum Gasteiger partial charge on any atom is 0.244 e. The molecule has 2 heterocycles. The van der Waals surface area contributed by atoms with Crippen molar-refractivity contribution in [3.05, 3.63) is 35.9 Å². The summed E-state index contributed by atoms with van der Waals surface area (Å²) in [6.07, 6.45) is 2.26. The van der Waals surface area contributed by atoms with Crippen LogP contribution in [0.15, 0.2) is 30.3 Å². The molecule has 5 heteroatoms. The molecule has 1 aromatic rings. The summed E-state index contributed by atoms with van der Waals surface area (Å²) >= 11 is 1.99. The molecule has 2 fully saturated rings. The molecule has 2 atom stereocenters. The Labute approximate surface area is 143 Å². The molecule has 0 radical (unpaired) electrons. The molecule has 23 heavy (non-hydrogen) atoms. The van der Waals surface area contributed by atoms with Gasteiger partial charge in [0.05, 0.1) is 0 Å². The van der Waals surface area contributed by atoms with Gasteiger partial charge in [0.2, 0.25) is 5.91 Å². The van der Waals surface area contributed by atoms with Gasteiger partial charge < -0.3 is 10.2 Å². The number of nitrogens with one attached hydrogen (secondary N) is 1. The molecule has 1 amide bonds. The monoisotopic (exact) mass is 333 g/mol. The highest BCUT2D eigenvalue weighted by Crippen LogP contribution is 2.27. The van der Waals surface area contributed by atoms with Gasteiger partial charge in [-0.1, -0.05) is 30.3 Å². The smallest absolute Gasteiger partial charge is 0.244 e. The third-order valence-electron chi connectivity index (χ3n) is 4.90. The number of carbonyl (C=O) groups excluding carboxylic acids is 1. The highest BCUT2D eigenvalue weighted by atomic mass is 32.2. The van der Waals surface area contributed by atoms with Crippen LogP contribution in [-0.4, -0.2) is 66.5 Å². The van der Waals surface area contributed by atoms with E-state index in [9.17, 15) is 4.79 Å². The first-order chi connectivity index (χ1) is 11.3. The van der Waals surface area contributed by atoms with Gasteiger partial charge in [0.1, 0.15) is 6.04 Å². The summed E-state index contributed by atoms with van der Waals surface area (Å²) in [6.45, 7) is 3.72. The van der Waals surface area contributed by atoms with Gasteiger partial charge in [-0.3, -0.25) is 9.69 Å². The third-order valence-corrected chi connectivity index (χ3v) is 5.84. The van der Waals surface area contributed by atoms with Crippen molar-refractivity contribution in [2.24, 2.45) is 0 Å². The maximum atomic E-state index is 13.3. The van der Waals surface area contributed by atoms with E-state index < -0.39 is 0 Å². The van der Waals surface area contributed by atoms with Crippen LogP contribution in [0.4, 0.5) is 0 Å². The SMILES string of the molecule is CNC1CCCN(C(=O)C(c2ccccc2)N2CCSCC2)C1. The molecule has 1 N–H and O–H groups in total. The van der Waals surface area contributed by atoms with E-state index in [1.54, 1.807) is 0 Å². The number of rotatable bonds is 4. The van der Waals surface area contributed by atoms with Crippen LogP contribution in [0.5, 0.6) is 0 Å². The predicted octanol–water partition coefficient (Wildman–Crippen LogP) is 1.99. The largest absolute Gasteiger partial charge is 0.339 e. The second-order valence-corrected chi connectivity index (χ2v) is 7.60. The van der Waals surface area contributed by atoms with Crippen LogP contribution in [-0.2, 0) is 4.79 Å². The Morgan fingerprint density at radius 2 is 1.96 bits per heavy atom. The zero-order chi connectivity index (χ0) is 16.1. The normalized spacial score (nSPS) is 24.4. The molecule has 0 spiro atoms. The van der Waals surface area contributed by atoms with Crippen LogP contribution >= 0.6 is 11.8 Å². The van der Waals surface area contributed by atoms with E-state index in [4.69, 9.17) is 0 Å². The van der Waals surface area contributed by atoms with Crippen molar-refractivity contribution in [2.45, 2.75) is 24.9 Å². The molecular formula is C18H27N3OS. The lowest BCUT2D eigenvalue weighted by Crippen LogP contribution is -2.51. The molecular weight excluding hydrogens is 306 g/mol. The lowest BCUT2D eigenvalue weighted by atomic mass is 10.0. The number of hydrogen-bond donors (Lipinski definition) is 1. The van der Waals surface area contributed by atoms with Gasteiger partial charge in [-0.05, 0) is 25.5 Å². The predicted molar refractivity (Wildman–Crippen MR) is 96.7 cm³/mol. The number of carbonyl (C=O) groups is 1. The fourth-order valence-corrected chi connectivity index (χ4v) is 4.50. The van der Waals surface area contributed by atoms with Gasteiger partial charge in [0.25, 0.3) is 0 Å². The number of piperidine rings is 1. The summed E-state index contributed by atoms with van der Waals surface area (Å²) in [5.74, 6) is 2.52. The van der Waals surface area contributed by atoms with Crippen molar-refractivity contribution in [1.29, 1.82) is 0 Å². The van der Waals surface area contributed by atoms with E-state index >= 15 is 0 Å². The number of hydrogen-bond acceptors (Lipinski definition) is 4. The minimum atomic E-state index is -0.118. The zero-order valence-electron chi connectivity index (χ0n) is 13.9. The Morgan fingerprint density at radius 1 is 1.22 bits per heavy atom. The van der Waals surface area contributed by atoms with Crippen LogP contribution < -0.4 is 5.32 Å². The Morgan fingerprint density at radius 3 is 2.65 bits per heavy atom. The summed E-state index contributed by atoms with van der Waals surface area (Å²) in [5.41, 5.74) is 1.14. The topological polar surface area (TPSA) is 35.6 Å². The first-order valence-electron chi connectivity index (χ1n) is 8.62. The average Bonchev–Trinajstić information content (AvgIpc) is 2.64. The van der Waals surface area contributed by atoms with Crippen molar-refractivity contribution in [2.75, 3.05) is 44.7 Å². The molecule has 4 nitrogen and oxygen atoms in total. The Kier molecular flexibility index (Phi) is 5.97. The molecule has 2 unspecified atom stereocenters. The molecule has 1 aromatic carbocycles. The Balaban J connectivity index is 1.80. The average molecular weight is 334 g/mol. The fourth-order valence-electron chi connectivity index (χ4n) is 3.57. The molecule has 126 valence electrons. The second-order valence-electron chi connectivity index (χ2n) is 6.37. The lowest BCUT2D eigenvalue weighted by Gasteiger charge is -2.39. The van der Waals surface area contributed by atoms with Gasteiger partial charge in [-0.25, -0.2) is 0 Å². The summed E-state index contributed by atoms with van der Waals surface area (Å²) in [4.78, 5) is 17.8. The van der Waals surface area contributed by atoms with Crippen molar-refractivity contribution < 1.29 is 4.79 Å². The summed E-state index contributed by atoms with van der Waals surface area (Å²) < 4.78 is 0.